The normalized spacial score (nSPS) is 19.7. The number of likely N-dealkylation sites (tertiary alicyclic amines) is 1. The number of hydrogen-bond donors (Lipinski definition) is 1. The summed E-state index contributed by atoms with van der Waals surface area (Å²) >= 11 is 0. The standard InChI is InChI=1S/C39H68N6/c1-30(26-41-37(5,6)7)44-27-35(40-29-44)31-13-14-32(24-36(2,3)4)33(23-31)25-39(11,12)28-42-17-15-34(16-18-42)43-19-21-45(22-20-43)38(8,9)10/h13-14,23,27,29-30,34,41H,15-22,24-26,28H2,1-12H3/t30-/m1/s1. The maximum absolute atomic E-state index is 4.87. The number of aromatic nitrogens is 2. The summed E-state index contributed by atoms with van der Waals surface area (Å²) < 4.78 is 2.26. The molecule has 0 radical (unpaired) electrons. The molecule has 2 aliphatic heterocycles. The molecule has 0 bridgehead atoms. The molecule has 254 valence electrons. The summed E-state index contributed by atoms with van der Waals surface area (Å²) in [5, 5.41) is 3.64. The Labute approximate surface area is 277 Å². The van der Waals surface area contributed by atoms with E-state index >= 15 is 0 Å². The van der Waals surface area contributed by atoms with Crippen LogP contribution in [0.3, 0.4) is 0 Å². The summed E-state index contributed by atoms with van der Waals surface area (Å²) in [6, 6.07) is 8.25. The van der Waals surface area contributed by atoms with E-state index in [1.54, 1.807) is 0 Å². The lowest BCUT2D eigenvalue weighted by Crippen LogP contribution is -2.57. The Morgan fingerprint density at radius 2 is 1.47 bits per heavy atom. The van der Waals surface area contributed by atoms with Crippen molar-refractivity contribution in [2.45, 2.75) is 132 Å². The van der Waals surface area contributed by atoms with Gasteiger partial charge >= 0.3 is 0 Å². The highest BCUT2D eigenvalue weighted by Crippen LogP contribution is 2.33. The minimum atomic E-state index is 0.111. The van der Waals surface area contributed by atoms with Gasteiger partial charge in [0, 0.05) is 74.2 Å². The number of nitrogens with zero attached hydrogens (tertiary/aromatic N) is 5. The van der Waals surface area contributed by atoms with Gasteiger partial charge in [-0.15, -0.1) is 0 Å². The maximum atomic E-state index is 4.87. The van der Waals surface area contributed by atoms with Crippen molar-refractivity contribution in [3.8, 4) is 11.3 Å². The number of nitrogens with one attached hydrogen (secondary N) is 1. The number of imidazole rings is 1. The van der Waals surface area contributed by atoms with Crippen molar-refractivity contribution >= 4 is 0 Å². The Kier molecular flexibility index (Phi) is 11.4. The van der Waals surface area contributed by atoms with Crippen molar-refractivity contribution in [3.63, 3.8) is 0 Å². The van der Waals surface area contributed by atoms with Crippen LogP contribution in [0.1, 0.15) is 113 Å². The Morgan fingerprint density at radius 3 is 2.04 bits per heavy atom. The molecular weight excluding hydrogens is 552 g/mol. The van der Waals surface area contributed by atoms with Gasteiger partial charge in [0.2, 0.25) is 0 Å². The van der Waals surface area contributed by atoms with Crippen LogP contribution in [-0.2, 0) is 12.8 Å². The molecule has 45 heavy (non-hydrogen) atoms. The number of hydrogen-bond acceptors (Lipinski definition) is 5. The van der Waals surface area contributed by atoms with E-state index in [-0.39, 0.29) is 21.9 Å². The van der Waals surface area contributed by atoms with Crippen molar-refractivity contribution < 1.29 is 0 Å². The quantitative estimate of drug-likeness (QED) is 0.297. The predicted molar refractivity (Wildman–Crippen MR) is 193 cm³/mol. The zero-order valence-electron chi connectivity index (χ0n) is 31.3. The molecule has 1 aromatic carbocycles. The summed E-state index contributed by atoms with van der Waals surface area (Å²) in [6.07, 6.45) is 9.04. The molecule has 1 aromatic heterocycles. The van der Waals surface area contributed by atoms with E-state index in [2.05, 4.69) is 132 Å². The molecule has 1 N–H and O–H groups in total. The Hall–Kier alpha value is -1.73. The molecule has 0 saturated carbocycles. The number of piperidine rings is 1. The van der Waals surface area contributed by atoms with E-state index in [0.717, 1.165) is 37.7 Å². The van der Waals surface area contributed by atoms with Gasteiger partial charge in [0.25, 0.3) is 0 Å². The summed E-state index contributed by atoms with van der Waals surface area (Å²) in [7, 11) is 0. The smallest absolute Gasteiger partial charge is 0.0956 e. The molecule has 0 amide bonds. The Balaban J connectivity index is 1.40. The lowest BCUT2D eigenvalue weighted by molar-refractivity contribution is 0.0196. The first-order valence-electron chi connectivity index (χ1n) is 17.9. The van der Waals surface area contributed by atoms with Gasteiger partial charge in [-0.25, -0.2) is 4.98 Å². The third-order valence-corrected chi connectivity index (χ3v) is 9.92. The molecule has 0 unspecified atom stereocenters. The van der Waals surface area contributed by atoms with Crippen molar-refractivity contribution in [2.24, 2.45) is 10.8 Å². The molecule has 2 aromatic rings. The van der Waals surface area contributed by atoms with Crippen molar-refractivity contribution in [2.75, 3.05) is 52.4 Å². The lowest BCUT2D eigenvalue weighted by Gasteiger charge is -2.47. The zero-order chi connectivity index (χ0) is 33.2. The molecule has 6 heteroatoms. The van der Waals surface area contributed by atoms with E-state index in [9.17, 15) is 0 Å². The third-order valence-electron chi connectivity index (χ3n) is 9.92. The van der Waals surface area contributed by atoms with Crippen LogP contribution < -0.4 is 5.32 Å². The minimum absolute atomic E-state index is 0.111. The Morgan fingerprint density at radius 1 is 0.822 bits per heavy atom. The minimum Gasteiger partial charge on any atom is -0.333 e. The highest BCUT2D eigenvalue weighted by Gasteiger charge is 2.32. The number of benzene rings is 1. The molecular formula is C39H68N6. The third kappa shape index (κ3) is 10.9. The van der Waals surface area contributed by atoms with Crippen LogP contribution >= 0.6 is 0 Å². The summed E-state index contributed by atoms with van der Waals surface area (Å²) in [6.45, 7) is 37.4. The maximum Gasteiger partial charge on any atom is 0.0956 e. The van der Waals surface area contributed by atoms with Crippen LogP contribution in [0.15, 0.2) is 30.7 Å². The van der Waals surface area contributed by atoms with Crippen LogP contribution in [0.4, 0.5) is 0 Å². The van der Waals surface area contributed by atoms with E-state index in [1.807, 2.05) is 6.33 Å². The number of rotatable bonds is 10. The van der Waals surface area contributed by atoms with E-state index in [0.29, 0.717) is 6.04 Å². The molecule has 2 fully saturated rings. The first-order chi connectivity index (χ1) is 20.8. The van der Waals surface area contributed by atoms with E-state index in [4.69, 9.17) is 4.98 Å². The van der Waals surface area contributed by atoms with Crippen LogP contribution in [0.5, 0.6) is 0 Å². The zero-order valence-corrected chi connectivity index (χ0v) is 31.3. The number of piperazine rings is 1. The molecule has 3 heterocycles. The SMILES string of the molecule is C[C@H](CNC(C)(C)C)n1cnc(-c2ccc(CC(C)(C)C)c(CC(C)(C)CN3CCC(N4CCN(C(C)(C)C)CC4)CC3)c2)c1. The average Bonchev–Trinajstić information content (AvgIpc) is 3.42. The highest BCUT2D eigenvalue weighted by molar-refractivity contribution is 5.60. The van der Waals surface area contributed by atoms with Gasteiger partial charge in [-0.2, -0.15) is 0 Å². The Bertz CT molecular complexity index is 1210. The fourth-order valence-corrected chi connectivity index (χ4v) is 7.36. The topological polar surface area (TPSA) is 39.6 Å². The van der Waals surface area contributed by atoms with Crippen LogP contribution in [0, 0.1) is 10.8 Å². The van der Waals surface area contributed by atoms with Gasteiger partial charge in [0.1, 0.15) is 0 Å². The summed E-state index contributed by atoms with van der Waals surface area (Å²) in [5.74, 6) is 0. The fraction of sp³-hybridized carbons (Fsp3) is 0.769. The van der Waals surface area contributed by atoms with Gasteiger partial charge in [-0.3, -0.25) is 9.80 Å². The van der Waals surface area contributed by atoms with Crippen LogP contribution in [0.25, 0.3) is 11.3 Å². The van der Waals surface area contributed by atoms with Gasteiger partial charge in [-0.1, -0.05) is 46.8 Å². The van der Waals surface area contributed by atoms with E-state index in [1.165, 1.54) is 68.8 Å². The molecule has 1 atom stereocenters. The van der Waals surface area contributed by atoms with E-state index < -0.39 is 0 Å². The first-order valence-corrected chi connectivity index (χ1v) is 17.9. The van der Waals surface area contributed by atoms with Gasteiger partial charge in [0.15, 0.2) is 0 Å². The monoisotopic (exact) mass is 621 g/mol. The lowest BCUT2D eigenvalue weighted by atomic mass is 9.79. The molecule has 4 rings (SSSR count). The second-order valence-electron chi connectivity index (χ2n) is 18.4. The van der Waals surface area contributed by atoms with Gasteiger partial charge in [0.05, 0.1) is 12.0 Å². The molecule has 2 saturated heterocycles. The summed E-state index contributed by atoms with van der Waals surface area (Å²) in [5.41, 5.74) is 6.15. The van der Waals surface area contributed by atoms with Crippen molar-refractivity contribution in [3.05, 3.63) is 41.9 Å². The predicted octanol–water partition coefficient (Wildman–Crippen LogP) is 7.54. The molecule has 2 aliphatic rings. The van der Waals surface area contributed by atoms with Gasteiger partial charge < -0.3 is 14.8 Å². The van der Waals surface area contributed by atoms with Gasteiger partial charge in [-0.05, 0) is 115 Å². The van der Waals surface area contributed by atoms with Crippen LogP contribution in [0.2, 0.25) is 0 Å². The summed E-state index contributed by atoms with van der Waals surface area (Å²) in [4.78, 5) is 13.1. The van der Waals surface area contributed by atoms with Crippen LogP contribution in [-0.4, -0.2) is 93.7 Å². The molecule has 6 nitrogen and oxygen atoms in total. The second kappa shape index (κ2) is 14.2. The highest BCUT2D eigenvalue weighted by atomic mass is 15.3. The fourth-order valence-electron chi connectivity index (χ4n) is 7.36. The first kappa shape index (κ1) is 36.1. The average molecular weight is 621 g/mol. The largest absolute Gasteiger partial charge is 0.333 e. The van der Waals surface area contributed by atoms with Crippen molar-refractivity contribution in [1.29, 1.82) is 0 Å². The van der Waals surface area contributed by atoms with Crippen molar-refractivity contribution in [1.82, 2.24) is 29.6 Å². The molecule has 0 aliphatic carbocycles. The molecule has 0 spiro atoms. The second-order valence-corrected chi connectivity index (χ2v) is 18.4.